The van der Waals surface area contributed by atoms with Gasteiger partial charge < -0.3 is 15.0 Å². The number of hydrogen-bond acceptors (Lipinski definition) is 4. The molecular formula is C12H23N3O2. The molecule has 0 bridgehead atoms. The highest BCUT2D eigenvalue weighted by molar-refractivity contribution is 5.67. The van der Waals surface area contributed by atoms with Crippen LogP contribution in [0.1, 0.15) is 19.8 Å². The maximum absolute atomic E-state index is 11.5. The molecule has 1 aliphatic carbocycles. The standard InChI is InChI=1S/C12H23N3O2/c1-3-17-12(16)15-6-4-14(5-7-15)11-8-10(9-11)13-2/h10-11,13H,3-9H2,1-2H3. The van der Waals surface area contributed by atoms with Crippen LogP contribution in [-0.4, -0.2) is 67.8 Å². The Morgan fingerprint density at radius 1 is 1.29 bits per heavy atom. The van der Waals surface area contributed by atoms with Gasteiger partial charge in [-0.3, -0.25) is 4.90 Å². The van der Waals surface area contributed by atoms with E-state index in [1.807, 2.05) is 18.9 Å². The lowest BCUT2D eigenvalue weighted by molar-refractivity contribution is 0.0380. The van der Waals surface area contributed by atoms with E-state index in [4.69, 9.17) is 4.74 Å². The lowest BCUT2D eigenvalue weighted by Crippen LogP contribution is -2.58. The molecule has 5 heteroatoms. The van der Waals surface area contributed by atoms with Gasteiger partial charge in [0.25, 0.3) is 0 Å². The normalized spacial score (nSPS) is 29.9. The molecule has 0 aromatic heterocycles. The van der Waals surface area contributed by atoms with Gasteiger partial charge in [-0.15, -0.1) is 0 Å². The summed E-state index contributed by atoms with van der Waals surface area (Å²) in [4.78, 5) is 15.8. The molecule has 0 aromatic carbocycles. The highest BCUT2D eigenvalue weighted by Gasteiger charge is 2.34. The quantitative estimate of drug-likeness (QED) is 0.782. The van der Waals surface area contributed by atoms with Gasteiger partial charge in [-0.25, -0.2) is 4.79 Å². The average Bonchev–Trinajstić information content (AvgIpc) is 2.29. The molecule has 2 fully saturated rings. The predicted octanol–water partition coefficient (Wildman–Crippen LogP) is 0.511. The molecule has 2 aliphatic rings. The summed E-state index contributed by atoms with van der Waals surface area (Å²) in [6.07, 6.45) is 2.33. The molecule has 2 rings (SSSR count). The fourth-order valence-electron chi connectivity index (χ4n) is 2.61. The summed E-state index contributed by atoms with van der Waals surface area (Å²) in [6.45, 7) is 5.89. The summed E-state index contributed by atoms with van der Waals surface area (Å²) in [5.41, 5.74) is 0. The van der Waals surface area contributed by atoms with Gasteiger partial charge >= 0.3 is 6.09 Å². The van der Waals surface area contributed by atoms with Crippen molar-refractivity contribution in [3.05, 3.63) is 0 Å². The number of ether oxygens (including phenoxy) is 1. The van der Waals surface area contributed by atoms with E-state index in [1.165, 1.54) is 12.8 Å². The lowest BCUT2D eigenvalue weighted by Gasteiger charge is -2.46. The molecule has 1 aliphatic heterocycles. The van der Waals surface area contributed by atoms with Gasteiger partial charge in [-0.2, -0.15) is 0 Å². The fraction of sp³-hybridized carbons (Fsp3) is 0.917. The maximum Gasteiger partial charge on any atom is 0.409 e. The van der Waals surface area contributed by atoms with E-state index in [0.29, 0.717) is 12.6 Å². The lowest BCUT2D eigenvalue weighted by atomic mass is 9.85. The van der Waals surface area contributed by atoms with Gasteiger partial charge in [0, 0.05) is 38.3 Å². The third-order valence-electron chi connectivity index (χ3n) is 3.88. The van der Waals surface area contributed by atoms with Gasteiger partial charge in [-0.1, -0.05) is 0 Å². The number of rotatable bonds is 3. The molecule has 0 radical (unpaired) electrons. The van der Waals surface area contributed by atoms with Crippen LogP contribution in [0, 0.1) is 0 Å². The first-order valence-electron chi connectivity index (χ1n) is 6.57. The third kappa shape index (κ3) is 2.90. The zero-order valence-electron chi connectivity index (χ0n) is 10.8. The van der Waals surface area contributed by atoms with Crippen molar-refractivity contribution in [2.45, 2.75) is 31.8 Å². The van der Waals surface area contributed by atoms with Crippen LogP contribution < -0.4 is 5.32 Å². The molecule has 5 nitrogen and oxygen atoms in total. The van der Waals surface area contributed by atoms with E-state index in [2.05, 4.69) is 10.2 Å². The van der Waals surface area contributed by atoms with Crippen molar-refractivity contribution in [3.63, 3.8) is 0 Å². The Morgan fingerprint density at radius 3 is 2.47 bits per heavy atom. The zero-order chi connectivity index (χ0) is 12.3. The SMILES string of the molecule is CCOC(=O)N1CCN(C2CC(NC)C2)CC1. The Morgan fingerprint density at radius 2 is 1.94 bits per heavy atom. The highest BCUT2D eigenvalue weighted by Crippen LogP contribution is 2.26. The summed E-state index contributed by atoms with van der Waals surface area (Å²) in [5, 5.41) is 3.30. The number of hydrogen-bond donors (Lipinski definition) is 1. The van der Waals surface area contributed by atoms with E-state index < -0.39 is 0 Å². The number of amides is 1. The summed E-state index contributed by atoms with van der Waals surface area (Å²) in [7, 11) is 2.03. The van der Waals surface area contributed by atoms with Crippen LogP contribution in [-0.2, 0) is 4.74 Å². The number of piperazine rings is 1. The Hall–Kier alpha value is -0.810. The van der Waals surface area contributed by atoms with Crippen LogP contribution >= 0.6 is 0 Å². The minimum absolute atomic E-state index is 0.158. The van der Waals surface area contributed by atoms with Crippen LogP contribution in [0.25, 0.3) is 0 Å². The Labute approximate surface area is 103 Å². The molecule has 1 heterocycles. The molecule has 0 spiro atoms. The molecule has 0 aromatic rings. The fourth-order valence-corrected chi connectivity index (χ4v) is 2.61. The number of nitrogens with one attached hydrogen (secondary N) is 1. The molecule has 1 amide bonds. The molecule has 1 N–H and O–H groups in total. The second-order valence-electron chi connectivity index (χ2n) is 4.83. The molecule has 1 saturated carbocycles. The molecule has 98 valence electrons. The van der Waals surface area contributed by atoms with Crippen molar-refractivity contribution in [2.24, 2.45) is 0 Å². The Bertz CT molecular complexity index is 258. The zero-order valence-corrected chi connectivity index (χ0v) is 10.8. The smallest absolute Gasteiger partial charge is 0.409 e. The Balaban J connectivity index is 1.70. The van der Waals surface area contributed by atoms with Crippen molar-refractivity contribution in [1.82, 2.24) is 15.1 Å². The summed E-state index contributed by atoms with van der Waals surface area (Å²) in [6, 6.07) is 1.42. The second kappa shape index (κ2) is 5.69. The van der Waals surface area contributed by atoms with Crippen LogP contribution in [0.4, 0.5) is 4.79 Å². The van der Waals surface area contributed by atoms with Crippen molar-refractivity contribution < 1.29 is 9.53 Å². The number of carbonyl (C=O) groups excluding carboxylic acids is 1. The monoisotopic (exact) mass is 241 g/mol. The average molecular weight is 241 g/mol. The van der Waals surface area contributed by atoms with E-state index in [9.17, 15) is 4.79 Å². The van der Waals surface area contributed by atoms with E-state index in [1.54, 1.807) is 0 Å². The minimum atomic E-state index is -0.158. The molecule has 1 saturated heterocycles. The first kappa shape index (κ1) is 12.6. The van der Waals surface area contributed by atoms with Gasteiger partial charge in [0.2, 0.25) is 0 Å². The van der Waals surface area contributed by atoms with Crippen molar-refractivity contribution in [1.29, 1.82) is 0 Å². The van der Waals surface area contributed by atoms with Crippen molar-refractivity contribution in [3.8, 4) is 0 Å². The topological polar surface area (TPSA) is 44.8 Å². The van der Waals surface area contributed by atoms with E-state index in [-0.39, 0.29) is 6.09 Å². The van der Waals surface area contributed by atoms with Crippen molar-refractivity contribution in [2.75, 3.05) is 39.8 Å². The number of nitrogens with zero attached hydrogens (tertiary/aromatic N) is 2. The van der Waals surface area contributed by atoms with Gasteiger partial charge in [0.1, 0.15) is 0 Å². The van der Waals surface area contributed by atoms with E-state index in [0.717, 1.165) is 32.2 Å². The number of carbonyl (C=O) groups is 1. The van der Waals surface area contributed by atoms with Crippen LogP contribution in [0.2, 0.25) is 0 Å². The van der Waals surface area contributed by atoms with E-state index >= 15 is 0 Å². The third-order valence-corrected chi connectivity index (χ3v) is 3.88. The van der Waals surface area contributed by atoms with Crippen LogP contribution in [0.5, 0.6) is 0 Å². The molecular weight excluding hydrogens is 218 g/mol. The summed E-state index contributed by atoms with van der Waals surface area (Å²) < 4.78 is 5.01. The minimum Gasteiger partial charge on any atom is -0.450 e. The van der Waals surface area contributed by atoms with Gasteiger partial charge in [0.05, 0.1) is 6.61 Å². The second-order valence-corrected chi connectivity index (χ2v) is 4.83. The van der Waals surface area contributed by atoms with Crippen LogP contribution in [0.15, 0.2) is 0 Å². The summed E-state index contributed by atoms with van der Waals surface area (Å²) >= 11 is 0. The summed E-state index contributed by atoms with van der Waals surface area (Å²) in [5.74, 6) is 0. The van der Waals surface area contributed by atoms with Crippen molar-refractivity contribution >= 4 is 6.09 Å². The molecule has 17 heavy (non-hydrogen) atoms. The largest absolute Gasteiger partial charge is 0.450 e. The predicted molar refractivity (Wildman–Crippen MR) is 66.0 cm³/mol. The first-order chi connectivity index (χ1) is 8.24. The maximum atomic E-state index is 11.5. The van der Waals surface area contributed by atoms with Gasteiger partial charge in [-0.05, 0) is 26.8 Å². The Kier molecular flexibility index (Phi) is 4.23. The first-order valence-corrected chi connectivity index (χ1v) is 6.57. The van der Waals surface area contributed by atoms with Crippen LogP contribution in [0.3, 0.4) is 0 Å². The molecule has 0 atom stereocenters. The van der Waals surface area contributed by atoms with Gasteiger partial charge in [0.15, 0.2) is 0 Å². The highest BCUT2D eigenvalue weighted by atomic mass is 16.6. The molecule has 0 unspecified atom stereocenters.